The van der Waals surface area contributed by atoms with Gasteiger partial charge in [-0.1, -0.05) is 0 Å². The molecule has 0 aliphatic carbocycles. The zero-order valence-electron chi connectivity index (χ0n) is 12.9. The van der Waals surface area contributed by atoms with E-state index in [1.807, 2.05) is 0 Å². The van der Waals surface area contributed by atoms with Crippen LogP contribution in [0.4, 0.5) is 4.79 Å². The minimum absolute atomic E-state index is 0.0475. The lowest BCUT2D eigenvalue weighted by atomic mass is 9.83. The Balaban J connectivity index is 2.71. The highest BCUT2D eigenvalue weighted by Crippen LogP contribution is 2.28. The van der Waals surface area contributed by atoms with Gasteiger partial charge in [-0.25, -0.2) is 4.79 Å². The molecule has 0 aromatic heterocycles. The Kier molecular flexibility index (Phi) is 5.57. The number of nitrogens with zero attached hydrogens (tertiary/aromatic N) is 1. The highest BCUT2D eigenvalue weighted by molar-refractivity contribution is 5.75. The van der Waals surface area contributed by atoms with Gasteiger partial charge in [-0.15, -0.1) is 0 Å². The predicted octanol–water partition coefficient (Wildman–Crippen LogP) is 1.51. The Labute approximate surface area is 124 Å². The van der Waals surface area contributed by atoms with Crippen molar-refractivity contribution < 1.29 is 29.0 Å². The van der Waals surface area contributed by atoms with Gasteiger partial charge in [0.2, 0.25) is 0 Å². The molecule has 1 N–H and O–H groups in total. The summed E-state index contributed by atoms with van der Waals surface area (Å²) in [5, 5.41) is 9.30. The predicted molar refractivity (Wildman–Crippen MR) is 73.7 cm³/mol. The molecule has 2 unspecified atom stereocenters. The maximum atomic E-state index is 12.0. The van der Waals surface area contributed by atoms with Crippen molar-refractivity contribution in [1.29, 1.82) is 0 Å². The van der Waals surface area contributed by atoms with Gasteiger partial charge in [0.05, 0.1) is 13.0 Å². The van der Waals surface area contributed by atoms with E-state index >= 15 is 0 Å². The maximum Gasteiger partial charge on any atom is 0.410 e. The molecule has 120 valence electrons. The van der Waals surface area contributed by atoms with Crippen LogP contribution in [0.1, 0.15) is 33.6 Å². The van der Waals surface area contributed by atoms with Crippen molar-refractivity contribution in [2.75, 3.05) is 20.2 Å². The summed E-state index contributed by atoms with van der Waals surface area (Å²) in [5.41, 5.74) is -0.626. The molecule has 0 aromatic carbocycles. The molecule has 7 nitrogen and oxygen atoms in total. The molecule has 1 aliphatic heterocycles. The number of carboxylic acids is 1. The number of hydrogen-bond acceptors (Lipinski definition) is 5. The molecule has 2 atom stereocenters. The number of aliphatic carboxylic acids is 1. The number of carboxylic acid groups (broad SMARTS) is 1. The summed E-state index contributed by atoms with van der Waals surface area (Å²) in [6.07, 6.45) is -0.0359. The highest BCUT2D eigenvalue weighted by Gasteiger charge is 2.38. The number of amides is 1. The third kappa shape index (κ3) is 5.24. The standard InChI is InChI=1S/C14H23NO6/c1-14(2,3)21-13(19)15-6-5-9(7-11(16)20-4)10(8-15)12(17)18/h9-10H,5-8H2,1-4H3,(H,17,18). The molecule has 21 heavy (non-hydrogen) atoms. The number of piperidine rings is 1. The number of hydrogen-bond donors (Lipinski definition) is 1. The first kappa shape index (κ1) is 17.3. The highest BCUT2D eigenvalue weighted by atomic mass is 16.6. The zero-order valence-corrected chi connectivity index (χ0v) is 12.9. The zero-order chi connectivity index (χ0) is 16.2. The fourth-order valence-electron chi connectivity index (χ4n) is 2.31. The van der Waals surface area contributed by atoms with Crippen LogP contribution in [0.3, 0.4) is 0 Å². The third-order valence-electron chi connectivity index (χ3n) is 3.38. The second-order valence-corrected chi connectivity index (χ2v) is 6.20. The van der Waals surface area contributed by atoms with E-state index in [0.717, 1.165) is 0 Å². The van der Waals surface area contributed by atoms with Gasteiger partial charge >= 0.3 is 18.0 Å². The number of likely N-dealkylation sites (tertiary alicyclic amines) is 1. The Morgan fingerprint density at radius 1 is 1.29 bits per heavy atom. The molecule has 1 amide bonds. The van der Waals surface area contributed by atoms with E-state index in [2.05, 4.69) is 4.74 Å². The third-order valence-corrected chi connectivity index (χ3v) is 3.38. The number of ether oxygens (including phenoxy) is 2. The van der Waals surface area contributed by atoms with Crippen molar-refractivity contribution in [3.05, 3.63) is 0 Å². The number of methoxy groups -OCH3 is 1. The Bertz CT molecular complexity index is 414. The van der Waals surface area contributed by atoms with Gasteiger partial charge in [0.25, 0.3) is 0 Å². The molecule has 1 aliphatic rings. The summed E-state index contributed by atoms with van der Waals surface area (Å²) in [6.45, 7) is 5.68. The van der Waals surface area contributed by atoms with Crippen molar-refractivity contribution in [1.82, 2.24) is 4.90 Å². The van der Waals surface area contributed by atoms with Gasteiger partial charge in [-0.3, -0.25) is 9.59 Å². The van der Waals surface area contributed by atoms with Crippen molar-refractivity contribution >= 4 is 18.0 Å². The van der Waals surface area contributed by atoms with Crippen LogP contribution >= 0.6 is 0 Å². The smallest absolute Gasteiger partial charge is 0.410 e. The van der Waals surface area contributed by atoms with Crippen molar-refractivity contribution in [2.45, 2.75) is 39.2 Å². The Morgan fingerprint density at radius 2 is 1.90 bits per heavy atom. The number of rotatable bonds is 3. The fourth-order valence-corrected chi connectivity index (χ4v) is 2.31. The van der Waals surface area contributed by atoms with E-state index in [-0.39, 0.29) is 18.9 Å². The van der Waals surface area contributed by atoms with E-state index in [0.29, 0.717) is 13.0 Å². The molecule has 0 aromatic rings. The Morgan fingerprint density at radius 3 is 2.38 bits per heavy atom. The summed E-state index contributed by atoms with van der Waals surface area (Å²) in [7, 11) is 1.27. The SMILES string of the molecule is COC(=O)CC1CCN(C(=O)OC(C)(C)C)CC1C(=O)O. The molecule has 1 rings (SSSR count). The quantitative estimate of drug-likeness (QED) is 0.794. The van der Waals surface area contributed by atoms with Crippen molar-refractivity contribution in [2.24, 2.45) is 11.8 Å². The Hall–Kier alpha value is -1.79. The van der Waals surface area contributed by atoms with Gasteiger partial charge in [0.1, 0.15) is 5.60 Å². The molecular weight excluding hydrogens is 278 g/mol. The minimum atomic E-state index is -1.02. The lowest BCUT2D eigenvalue weighted by Crippen LogP contribution is -2.48. The molecule has 1 heterocycles. The van der Waals surface area contributed by atoms with E-state index in [9.17, 15) is 19.5 Å². The first-order chi connectivity index (χ1) is 9.64. The lowest BCUT2D eigenvalue weighted by molar-refractivity contribution is -0.148. The molecule has 7 heteroatoms. The van der Waals surface area contributed by atoms with Gasteiger partial charge in [0, 0.05) is 19.5 Å². The number of carbonyl (C=O) groups is 3. The fraction of sp³-hybridized carbons (Fsp3) is 0.786. The summed E-state index contributed by atoms with van der Waals surface area (Å²) in [6, 6.07) is 0. The second kappa shape index (κ2) is 6.78. The molecule has 0 spiro atoms. The minimum Gasteiger partial charge on any atom is -0.481 e. The van der Waals surface area contributed by atoms with Gasteiger partial charge < -0.3 is 19.5 Å². The van der Waals surface area contributed by atoms with Crippen molar-refractivity contribution in [3.63, 3.8) is 0 Å². The van der Waals surface area contributed by atoms with Gasteiger partial charge in [-0.2, -0.15) is 0 Å². The molecular formula is C14H23NO6. The second-order valence-electron chi connectivity index (χ2n) is 6.20. The molecule has 0 bridgehead atoms. The van der Waals surface area contributed by atoms with Gasteiger partial charge in [0.15, 0.2) is 0 Å². The van der Waals surface area contributed by atoms with E-state index in [4.69, 9.17) is 4.74 Å². The summed E-state index contributed by atoms with van der Waals surface area (Å²) < 4.78 is 9.83. The van der Waals surface area contributed by atoms with Crippen LogP contribution in [0.5, 0.6) is 0 Å². The van der Waals surface area contributed by atoms with Crippen LogP contribution in [0.15, 0.2) is 0 Å². The molecule has 1 fully saturated rings. The molecule has 0 saturated carbocycles. The van der Waals surface area contributed by atoms with Crippen LogP contribution in [0, 0.1) is 11.8 Å². The van der Waals surface area contributed by atoms with Crippen LogP contribution in [-0.4, -0.2) is 53.8 Å². The summed E-state index contributed by atoms with van der Waals surface area (Å²) >= 11 is 0. The largest absolute Gasteiger partial charge is 0.481 e. The van der Waals surface area contributed by atoms with E-state index in [1.54, 1.807) is 20.8 Å². The summed E-state index contributed by atoms with van der Waals surface area (Å²) in [5.74, 6) is -2.56. The number of carbonyl (C=O) groups excluding carboxylic acids is 2. The maximum absolute atomic E-state index is 12.0. The molecule has 1 saturated heterocycles. The first-order valence-corrected chi connectivity index (χ1v) is 6.91. The van der Waals surface area contributed by atoms with Crippen LogP contribution < -0.4 is 0 Å². The average molecular weight is 301 g/mol. The van der Waals surface area contributed by atoms with Crippen molar-refractivity contribution in [3.8, 4) is 0 Å². The van der Waals surface area contributed by atoms with E-state index in [1.165, 1.54) is 12.0 Å². The normalized spacial score (nSPS) is 22.6. The molecule has 0 radical (unpaired) electrons. The van der Waals surface area contributed by atoms with Crippen LogP contribution in [0.25, 0.3) is 0 Å². The lowest BCUT2D eigenvalue weighted by Gasteiger charge is -2.36. The van der Waals surface area contributed by atoms with Gasteiger partial charge in [-0.05, 0) is 33.1 Å². The van der Waals surface area contributed by atoms with E-state index < -0.39 is 29.6 Å². The summed E-state index contributed by atoms with van der Waals surface area (Å²) in [4.78, 5) is 36.1. The van der Waals surface area contributed by atoms with Crippen LogP contribution in [0.2, 0.25) is 0 Å². The van der Waals surface area contributed by atoms with Crippen LogP contribution in [-0.2, 0) is 19.1 Å². The monoisotopic (exact) mass is 301 g/mol. The average Bonchev–Trinajstić information content (AvgIpc) is 2.36. The first-order valence-electron chi connectivity index (χ1n) is 6.91. The topological polar surface area (TPSA) is 93.1 Å². The number of esters is 1.